The molecule has 1 aromatic carbocycles. The number of hydrogen-bond donors (Lipinski definition) is 2. The number of methoxy groups -OCH3 is 1. The lowest BCUT2D eigenvalue weighted by Crippen LogP contribution is -2.30. The van der Waals surface area contributed by atoms with Gasteiger partial charge in [0.05, 0.1) is 19.6 Å². The van der Waals surface area contributed by atoms with Crippen LogP contribution in [0, 0.1) is 5.92 Å². The fraction of sp³-hybridized carbons (Fsp3) is 0.467. The molecule has 0 bridgehead atoms. The SMILES string of the molecule is COc1ccc2c(c1)C(=O)NC2CC(=O)NCC1CC1. The van der Waals surface area contributed by atoms with Crippen LogP contribution >= 0.6 is 0 Å². The first kappa shape index (κ1) is 13.0. The smallest absolute Gasteiger partial charge is 0.252 e. The molecule has 0 saturated heterocycles. The molecule has 1 saturated carbocycles. The summed E-state index contributed by atoms with van der Waals surface area (Å²) in [6.07, 6.45) is 2.71. The van der Waals surface area contributed by atoms with Crippen LogP contribution in [0.5, 0.6) is 5.75 Å². The van der Waals surface area contributed by atoms with Crippen molar-refractivity contribution in [1.29, 1.82) is 0 Å². The minimum atomic E-state index is -0.234. The van der Waals surface area contributed by atoms with Gasteiger partial charge < -0.3 is 15.4 Å². The number of ether oxygens (including phenoxy) is 1. The van der Waals surface area contributed by atoms with Crippen molar-refractivity contribution in [2.24, 2.45) is 5.92 Å². The Morgan fingerprint density at radius 3 is 2.95 bits per heavy atom. The lowest BCUT2D eigenvalue weighted by molar-refractivity contribution is -0.121. The molecule has 2 aliphatic rings. The normalized spacial score (nSPS) is 20.2. The third-order valence-corrected chi connectivity index (χ3v) is 3.86. The van der Waals surface area contributed by atoms with Crippen molar-refractivity contribution >= 4 is 11.8 Å². The van der Waals surface area contributed by atoms with Crippen LogP contribution in [0.1, 0.15) is 41.2 Å². The van der Waals surface area contributed by atoms with Crippen molar-refractivity contribution in [3.05, 3.63) is 29.3 Å². The van der Waals surface area contributed by atoms with E-state index in [2.05, 4.69) is 10.6 Å². The van der Waals surface area contributed by atoms with Crippen molar-refractivity contribution in [2.75, 3.05) is 13.7 Å². The quantitative estimate of drug-likeness (QED) is 0.852. The lowest BCUT2D eigenvalue weighted by atomic mass is 10.0. The highest BCUT2D eigenvalue weighted by Gasteiger charge is 2.31. The van der Waals surface area contributed by atoms with E-state index in [-0.39, 0.29) is 24.3 Å². The molecule has 1 fully saturated rings. The van der Waals surface area contributed by atoms with Crippen molar-refractivity contribution in [3.63, 3.8) is 0 Å². The van der Waals surface area contributed by atoms with E-state index in [1.165, 1.54) is 12.8 Å². The zero-order valence-electron chi connectivity index (χ0n) is 11.4. The number of amides is 2. The molecule has 3 rings (SSSR count). The molecule has 1 aromatic rings. The molecular formula is C15H18N2O3. The fourth-order valence-corrected chi connectivity index (χ4v) is 2.48. The second kappa shape index (κ2) is 5.15. The first-order valence-corrected chi connectivity index (χ1v) is 6.93. The summed E-state index contributed by atoms with van der Waals surface area (Å²) in [7, 11) is 1.57. The van der Waals surface area contributed by atoms with E-state index in [1.807, 2.05) is 12.1 Å². The summed E-state index contributed by atoms with van der Waals surface area (Å²) in [5.41, 5.74) is 1.47. The molecule has 20 heavy (non-hydrogen) atoms. The van der Waals surface area contributed by atoms with E-state index in [1.54, 1.807) is 13.2 Å². The molecule has 5 heteroatoms. The van der Waals surface area contributed by atoms with E-state index < -0.39 is 0 Å². The average Bonchev–Trinajstić information content (AvgIpc) is 3.23. The Bertz CT molecular complexity index is 552. The molecule has 0 aromatic heterocycles. The Kier molecular flexibility index (Phi) is 3.34. The number of hydrogen-bond acceptors (Lipinski definition) is 3. The van der Waals surface area contributed by atoms with Crippen molar-refractivity contribution in [2.45, 2.75) is 25.3 Å². The Labute approximate surface area is 117 Å². The third-order valence-electron chi connectivity index (χ3n) is 3.86. The van der Waals surface area contributed by atoms with Gasteiger partial charge in [-0.25, -0.2) is 0 Å². The van der Waals surface area contributed by atoms with Crippen LogP contribution in [0.15, 0.2) is 18.2 Å². The Hall–Kier alpha value is -2.04. The van der Waals surface area contributed by atoms with Crippen molar-refractivity contribution in [3.8, 4) is 5.75 Å². The summed E-state index contributed by atoms with van der Waals surface area (Å²) < 4.78 is 5.12. The van der Waals surface area contributed by atoms with Crippen LogP contribution in [-0.2, 0) is 4.79 Å². The zero-order valence-corrected chi connectivity index (χ0v) is 11.4. The molecule has 0 radical (unpaired) electrons. The highest BCUT2D eigenvalue weighted by atomic mass is 16.5. The van der Waals surface area contributed by atoms with Crippen LogP contribution < -0.4 is 15.4 Å². The van der Waals surface area contributed by atoms with Gasteiger partial charge in [-0.15, -0.1) is 0 Å². The lowest BCUT2D eigenvalue weighted by Gasteiger charge is -2.12. The first-order valence-electron chi connectivity index (χ1n) is 6.93. The molecule has 1 heterocycles. The molecular weight excluding hydrogens is 256 g/mol. The summed E-state index contributed by atoms with van der Waals surface area (Å²) in [5.74, 6) is 1.16. The van der Waals surface area contributed by atoms with Crippen LogP contribution in [0.25, 0.3) is 0 Å². The number of fused-ring (bicyclic) bond motifs is 1. The van der Waals surface area contributed by atoms with Crippen LogP contribution in [0.2, 0.25) is 0 Å². The number of rotatable bonds is 5. The van der Waals surface area contributed by atoms with Gasteiger partial charge in [-0.2, -0.15) is 0 Å². The minimum absolute atomic E-state index is 0.00846. The van der Waals surface area contributed by atoms with Gasteiger partial charge in [0.25, 0.3) is 5.91 Å². The molecule has 1 unspecified atom stereocenters. The predicted molar refractivity (Wildman–Crippen MR) is 73.6 cm³/mol. The second-order valence-electron chi connectivity index (χ2n) is 5.43. The maximum atomic E-state index is 11.9. The Balaban J connectivity index is 1.67. The Morgan fingerprint density at radius 2 is 2.25 bits per heavy atom. The highest BCUT2D eigenvalue weighted by Crippen LogP contribution is 2.31. The van der Waals surface area contributed by atoms with Crippen LogP contribution in [0.4, 0.5) is 0 Å². The third kappa shape index (κ3) is 2.61. The van der Waals surface area contributed by atoms with Gasteiger partial charge >= 0.3 is 0 Å². The topological polar surface area (TPSA) is 67.4 Å². The number of benzene rings is 1. The predicted octanol–water partition coefficient (Wildman–Crippen LogP) is 1.40. The molecule has 5 nitrogen and oxygen atoms in total. The molecule has 1 aliphatic carbocycles. The standard InChI is InChI=1S/C15H18N2O3/c1-20-10-4-5-11-12(6-10)15(19)17-13(11)7-14(18)16-8-9-2-3-9/h4-6,9,13H,2-3,7-8H2,1H3,(H,16,18)(H,17,19). The minimum Gasteiger partial charge on any atom is -0.497 e. The van der Waals surface area contributed by atoms with E-state index in [9.17, 15) is 9.59 Å². The largest absolute Gasteiger partial charge is 0.497 e. The number of nitrogens with one attached hydrogen (secondary N) is 2. The van der Waals surface area contributed by atoms with Crippen LogP contribution in [0.3, 0.4) is 0 Å². The summed E-state index contributed by atoms with van der Waals surface area (Å²) >= 11 is 0. The van der Waals surface area contributed by atoms with E-state index >= 15 is 0 Å². The van der Waals surface area contributed by atoms with Gasteiger partial charge in [0.2, 0.25) is 5.91 Å². The Morgan fingerprint density at radius 1 is 1.45 bits per heavy atom. The molecule has 0 spiro atoms. The number of carbonyl (C=O) groups excluding carboxylic acids is 2. The van der Waals surface area contributed by atoms with Gasteiger partial charge in [-0.05, 0) is 36.5 Å². The summed E-state index contributed by atoms with van der Waals surface area (Å²) in [6, 6.07) is 5.15. The van der Waals surface area contributed by atoms with Gasteiger partial charge in [0, 0.05) is 12.1 Å². The first-order chi connectivity index (χ1) is 9.67. The maximum Gasteiger partial charge on any atom is 0.252 e. The van der Waals surface area contributed by atoms with Crippen LogP contribution in [-0.4, -0.2) is 25.5 Å². The monoisotopic (exact) mass is 274 g/mol. The summed E-state index contributed by atoms with van der Waals surface area (Å²) in [6.45, 7) is 0.759. The molecule has 2 amide bonds. The molecule has 2 N–H and O–H groups in total. The van der Waals surface area contributed by atoms with Gasteiger partial charge in [0.1, 0.15) is 5.75 Å². The van der Waals surface area contributed by atoms with E-state index in [0.29, 0.717) is 17.2 Å². The van der Waals surface area contributed by atoms with Gasteiger partial charge in [-0.1, -0.05) is 6.07 Å². The fourth-order valence-electron chi connectivity index (χ4n) is 2.48. The van der Waals surface area contributed by atoms with Gasteiger partial charge in [-0.3, -0.25) is 9.59 Å². The van der Waals surface area contributed by atoms with E-state index in [0.717, 1.165) is 12.1 Å². The molecule has 1 atom stereocenters. The summed E-state index contributed by atoms with van der Waals surface area (Å²) in [5, 5.41) is 5.77. The molecule has 1 aliphatic heterocycles. The molecule has 106 valence electrons. The van der Waals surface area contributed by atoms with Gasteiger partial charge in [0.15, 0.2) is 0 Å². The highest BCUT2D eigenvalue weighted by molar-refractivity contribution is 6.00. The van der Waals surface area contributed by atoms with Crippen molar-refractivity contribution in [1.82, 2.24) is 10.6 Å². The zero-order chi connectivity index (χ0) is 14.1. The summed E-state index contributed by atoms with van der Waals surface area (Å²) in [4.78, 5) is 23.8. The van der Waals surface area contributed by atoms with E-state index in [4.69, 9.17) is 4.74 Å². The average molecular weight is 274 g/mol. The maximum absolute atomic E-state index is 11.9. The second-order valence-corrected chi connectivity index (χ2v) is 5.43. The van der Waals surface area contributed by atoms with Crippen molar-refractivity contribution < 1.29 is 14.3 Å². The number of carbonyl (C=O) groups is 2.